The van der Waals surface area contributed by atoms with Gasteiger partial charge in [-0.15, -0.1) is 0 Å². The Morgan fingerprint density at radius 2 is 2.00 bits per heavy atom. The third-order valence-corrected chi connectivity index (χ3v) is 1.12. The number of aliphatic hydroxyl groups is 1. The molecule has 68 valence electrons. The van der Waals surface area contributed by atoms with Crippen molar-refractivity contribution in [1.82, 2.24) is 0 Å². The zero-order valence-electron chi connectivity index (χ0n) is 6.19. The van der Waals surface area contributed by atoms with E-state index in [4.69, 9.17) is 5.11 Å². The number of ether oxygens (including phenoxy) is 1. The molecule has 2 nitrogen and oxygen atoms in total. The van der Waals surface area contributed by atoms with Crippen molar-refractivity contribution >= 4 is 0 Å². The molecule has 0 amide bonds. The lowest BCUT2D eigenvalue weighted by Crippen LogP contribution is -2.29. The van der Waals surface area contributed by atoms with Crippen molar-refractivity contribution in [3.05, 3.63) is 0 Å². The number of hydrogen-bond acceptors (Lipinski definition) is 2. The average Bonchev–Trinajstić information content (AvgIpc) is 1.86. The molecule has 0 aromatic carbocycles. The van der Waals surface area contributed by atoms with Gasteiger partial charge in [0, 0.05) is 19.6 Å². The third-order valence-electron chi connectivity index (χ3n) is 1.12. The van der Waals surface area contributed by atoms with Gasteiger partial charge in [-0.25, -0.2) is 0 Å². The van der Waals surface area contributed by atoms with Crippen LogP contribution < -0.4 is 0 Å². The zero-order chi connectivity index (χ0) is 8.91. The SMILES string of the molecule is CCOCC[C@@H](O)C(F)(F)F. The molecule has 0 spiro atoms. The Bertz CT molecular complexity index is 102. The van der Waals surface area contributed by atoms with E-state index in [2.05, 4.69) is 4.74 Å². The number of alkyl halides is 3. The first-order chi connectivity index (χ1) is 4.98. The van der Waals surface area contributed by atoms with Crippen LogP contribution in [-0.4, -0.2) is 30.6 Å². The molecule has 0 saturated heterocycles. The van der Waals surface area contributed by atoms with Crippen molar-refractivity contribution in [2.45, 2.75) is 25.6 Å². The fourth-order valence-corrected chi connectivity index (χ4v) is 0.503. The molecule has 0 heterocycles. The van der Waals surface area contributed by atoms with Gasteiger partial charge >= 0.3 is 6.18 Å². The quantitative estimate of drug-likeness (QED) is 0.648. The summed E-state index contributed by atoms with van der Waals surface area (Å²) in [5, 5.41) is 8.41. The first-order valence-corrected chi connectivity index (χ1v) is 3.31. The minimum absolute atomic E-state index is 0.0584. The molecule has 0 aliphatic heterocycles. The lowest BCUT2D eigenvalue weighted by molar-refractivity contribution is -0.208. The highest BCUT2D eigenvalue weighted by Crippen LogP contribution is 2.21. The summed E-state index contributed by atoms with van der Waals surface area (Å²) in [5.41, 5.74) is 0. The molecule has 0 aliphatic rings. The van der Waals surface area contributed by atoms with Crippen LogP contribution >= 0.6 is 0 Å². The van der Waals surface area contributed by atoms with Gasteiger partial charge in [0.2, 0.25) is 0 Å². The van der Waals surface area contributed by atoms with E-state index in [1.165, 1.54) is 0 Å². The summed E-state index contributed by atoms with van der Waals surface area (Å²) in [4.78, 5) is 0. The van der Waals surface area contributed by atoms with Crippen LogP contribution in [0.3, 0.4) is 0 Å². The minimum atomic E-state index is -4.52. The molecule has 0 aromatic heterocycles. The number of hydrogen-bond donors (Lipinski definition) is 1. The fraction of sp³-hybridized carbons (Fsp3) is 1.00. The summed E-state index contributed by atoms with van der Waals surface area (Å²) in [6.45, 7) is 1.99. The van der Waals surface area contributed by atoms with E-state index >= 15 is 0 Å². The highest BCUT2D eigenvalue weighted by atomic mass is 19.4. The van der Waals surface area contributed by atoms with E-state index in [-0.39, 0.29) is 6.61 Å². The Hall–Kier alpha value is -0.290. The predicted octanol–water partition coefficient (Wildman–Crippen LogP) is 1.34. The van der Waals surface area contributed by atoms with E-state index in [0.29, 0.717) is 6.61 Å². The van der Waals surface area contributed by atoms with Gasteiger partial charge in [-0.3, -0.25) is 0 Å². The molecule has 1 atom stereocenters. The molecular weight excluding hydrogens is 161 g/mol. The smallest absolute Gasteiger partial charge is 0.384 e. The minimum Gasteiger partial charge on any atom is -0.384 e. The van der Waals surface area contributed by atoms with Crippen molar-refractivity contribution in [2.75, 3.05) is 13.2 Å². The summed E-state index contributed by atoms with van der Waals surface area (Å²) in [5.74, 6) is 0. The molecule has 5 heteroatoms. The van der Waals surface area contributed by atoms with Crippen LogP contribution in [0.1, 0.15) is 13.3 Å². The molecule has 0 fully saturated rings. The van der Waals surface area contributed by atoms with Crippen LogP contribution in [-0.2, 0) is 4.74 Å². The summed E-state index contributed by atoms with van der Waals surface area (Å²) >= 11 is 0. The second kappa shape index (κ2) is 4.56. The Morgan fingerprint density at radius 3 is 2.36 bits per heavy atom. The molecule has 1 N–H and O–H groups in total. The van der Waals surface area contributed by atoms with Gasteiger partial charge in [0.25, 0.3) is 0 Å². The summed E-state index contributed by atoms with van der Waals surface area (Å²) < 4.78 is 39.4. The van der Waals surface area contributed by atoms with Crippen molar-refractivity contribution in [3.63, 3.8) is 0 Å². The molecule has 0 rings (SSSR count). The van der Waals surface area contributed by atoms with Crippen molar-refractivity contribution in [3.8, 4) is 0 Å². The van der Waals surface area contributed by atoms with Crippen LogP contribution in [0.15, 0.2) is 0 Å². The highest BCUT2D eigenvalue weighted by Gasteiger charge is 2.37. The molecule has 0 bridgehead atoms. The second-order valence-corrected chi connectivity index (χ2v) is 2.04. The van der Waals surface area contributed by atoms with Gasteiger partial charge in [-0.2, -0.15) is 13.2 Å². The van der Waals surface area contributed by atoms with Crippen LogP contribution in [0.2, 0.25) is 0 Å². The summed E-state index contributed by atoms with van der Waals surface area (Å²) in [7, 11) is 0. The largest absolute Gasteiger partial charge is 0.414 e. The van der Waals surface area contributed by atoms with Gasteiger partial charge in [0.05, 0.1) is 0 Å². The van der Waals surface area contributed by atoms with Gasteiger partial charge in [-0.1, -0.05) is 0 Å². The highest BCUT2D eigenvalue weighted by molar-refractivity contribution is 4.63. The molecule has 11 heavy (non-hydrogen) atoms. The van der Waals surface area contributed by atoms with Crippen LogP contribution in [0, 0.1) is 0 Å². The van der Waals surface area contributed by atoms with Crippen molar-refractivity contribution < 1.29 is 23.0 Å². The van der Waals surface area contributed by atoms with E-state index in [1.54, 1.807) is 6.92 Å². The van der Waals surface area contributed by atoms with Crippen molar-refractivity contribution in [1.29, 1.82) is 0 Å². The second-order valence-electron chi connectivity index (χ2n) is 2.04. The van der Waals surface area contributed by atoms with E-state index in [0.717, 1.165) is 0 Å². The molecule has 0 radical (unpaired) electrons. The maximum absolute atomic E-state index is 11.6. The van der Waals surface area contributed by atoms with Gasteiger partial charge in [-0.05, 0) is 6.92 Å². The summed E-state index contributed by atoms with van der Waals surface area (Å²) in [6.07, 6.45) is -7.16. The van der Waals surface area contributed by atoms with E-state index in [1.807, 2.05) is 0 Å². The van der Waals surface area contributed by atoms with Crippen LogP contribution in [0.25, 0.3) is 0 Å². The molecule has 0 aliphatic carbocycles. The standard InChI is InChI=1S/C6H11F3O2/c1-2-11-4-3-5(10)6(7,8)9/h5,10H,2-4H2,1H3/t5-/m1/s1. The Balaban J connectivity index is 3.44. The number of aliphatic hydroxyl groups excluding tert-OH is 1. The topological polar surface area (TPSA) is 29.5 Å². The normalized spacial score (nSPS) is 15.0. The molecule has 0 aromatic rings. The fourth-order valence-electron chi connectivity index (χ4n) is 0.503. The lowest BCUT2D eigenvalue weighted by Gasteiger charge is -2.13. The van der Waals surface area contributed by atoms with E-state index < -0.39 is 18.7 Å². The number of halogens is 3. The Morgan fingerprint density at radius 1 is 1.45 bits per heavy atom. The van der Waals surface area contributed by atoms with Crippen molar-refractivity contribution in [2.24, 2.45) is 0 Å². The molecule has 0 saturated carbocycles. The molecular formula is C6H11F3O2. The number of rotatable bonds is 4. The van der Waals surface area contributed by atoms with Crippen LogP contribution in [0.4, 0.5) is 13.2 Å². The first kappa shape index (κ1) is 10.7. The Kier molecular flexibility index (Phi) is 4.44. The predicted molar refractivity (Wildman–Crippen MR) is 33.2 cm³/mol. The van der Waals surface area contributed by atoms with Gasteiger partial charge < -0.3 is 9.84 Å². The summed E-state index contributed by atoms with van der Waals surface area (Å²) in [6, 6.07) is 0. The third kappa shape index (κ3) is 5.03. The first-order valence-electron chi connectivity index (χ1n) is 3.31. The molecule has 0 unspecified atom stereocenters. The Labute approximate surface area is 63.0 Å². The van der Waals surface area contributed by atoms with E-state index in [9.17, 15) is 13.2 Å². The maximum Gasteiger partial charge on any atom is 0.414 e. The maximum atomic E-state index is 11.6. The lowest BCUT2D eigenvalue weighted by atomic mass is 10.2. The van der Waals surface area contributed by atoms with Gasteiger partial charge in [0.15, 0.2) is 6.10 Å². The van der Waals surface area contributed by atoms with Gasteiger partial charge in [0.1, 0.15) is 0 Å². The van der Waals surface area contributed by atoms with Crippen LogP contribution in [0.5, 0.6) is 0 Å². The zero-order valence-corrected chi connectivity index (χ0v) is 6.19. The average molecular weight is 172 g/mol. The monoisotopic (exact) mass is 172 g/mol.